The summed E-state index contributed by atoms with van der Waals surface area (Å²) in [5.41, 5.74) is 7.41. The second-order valence-corrected chi connectivity index (χ2v) is 12.7. The molecule has 2 aromatic heterocycles. The van der Waals surface area contributed by atoms with Gasteiger partial charge in [0.05, 0.1) is 29.1 Å². The van der Waals surface area contributed by atoms with Gasteiger partial charge >= 0.3 is 0 Å². The molecule has 0 bridgehead atoms. The Morgan fingerprint density at radius 2 is 1.45 bits per heavy atom. The predicted molar refractivity (Wildman–Crippen MR) is 170 cm³/mol. The van der Waals surface area contributed by atoms with Crippen LogP contribution in [0.5, 0.6) is 0 Å². The number of rotatable bonds is 4. The summed E-state index contributed by atoms with van der Waals surface area (Å²) in [5, 5.41) is 2.49. The molecule has 0 atom stereocenters. The van der Waals surface area contributed by atoms with Gasteiger partial charge in [-0.25, -0.2) is 4.98 Å². The molecule has 7 rings (SSSR count). The lowest BCUT2D eigenvalue weighted by Gasteiger charge is -2.20. The highest BCUT2D eigenvalue weighted by Crippen LogP contribution is 2.42. The standard InChI is InChI=1S/C35H32N4S/c1-35(2,3)24-18-19-36-34(20-24)39-30-13-6-5-12-28(30)29-17-16-27(22-33(29)39)40-26-11-9-10-25(21-26)38-23-37(4)31-14-7-8-15-32(31)38/h5-22H,23H2,1-4H3. The highest BCUT2D eigenvalue weighted by atomic mass is 32.2. The molecule has 5 heteroatoms. The number of pyridine rings is 1. The highest BCUT2D eigenvalue weighted by Gasteiger charge is 2.24. The predicted octanol–water partition coefficient (Wildman–Crippen LogP) is 9.17. The first-order valence-corrected chi connectivity index (χ1v) is 14.5. The molecule has 40 heavy (non-hydrogen) atoms. The zero-order valence-corrected chi connectivity index (χ0v) is 24.1. The second kappa shape index (κ2) is 9.46. The molecule has 0 unspecified atom stereocenters. The molecule has 4 aromatic carbocycles. The molecule has 0 saturated carbocycles. The Labute approximate surface area is 239 Å². The molecule has 3 heterocycles. The van der Waals surface area contributed by atoms with Crippen molar-refractivity contribution in [1.29, 1.82) is 0 Å². The molecular formula is C35H32N4S. The summed E-state index contributed by atoms with van der Waals surface area (Å²) in [6.45, 7) is 7.60. The van der Waals surface area contributed by atoms with Crippen LogP contribution in [-0.4, -0.2) is 23.3 Å². The van der Waals surface area contributed by atoms with Crippen molar-refractivity contribution in [2.45, 2.75) is 36.0 Å². The summed E-state index contributed by atoms with van der Waals surface area (Å²) in [7, 11) is 2.15. The summed E-state index contributed by atoms with van der Waals surface area (Å²) >= 11 is 1.80. The Kier molecular flexibility index (Phi) is 5.86. The maximum absolute atomic E-state index is 4.84. The van der Waals surface area contributed by atoms with E-state index in [-0.39, 0.29) is 5.41 Å². The molecule has 4 nitrogen and oxygen atoms in total. The van der Waals surface area contributed by atoms with Gasteiger partial charge in [0.1, 0.15) is 5.82 Å². The molecule has 1 aliphatic rings. The Morgan fingerprint density at radius 3 is 2.30 bits per heavy atom. The lowest BCUT2D eigenvalue weighted by atomic mass is 9.88. The highest BCUT2D eigenvalue weighted by molar-refractivity contribution is 7.99. The second-order valence-electron chi connectivity index (χ2n) is 11.5. The fourth-order valence-corrected chi connectivity index (χ4v) is 6.62. The molecule has 1 aliphatic heterocycles. The van der Waals surface area contributed by atoms with Crippen molar-refractivity contribution in [1.82, 2.24) is 9.55 Å². The lowest BCUT2D eigenvalue weighted by Crippen LogP contribution is -2.23. The van der Waals surface area contributed by atoms with Gasteiger partial charge in [-0.15, -0.1) is 0 Å². The third kappa shape index (κ3) is 4.22. The molecule has 0 saturated heterocycles. The average Bonchev–Trinajstić information content (AvgIpc) is 3.47. The van der Waals surface area contributed by atoms with Crippen molar-refractivity contribution in [3.63, 3.8) is 0 Å². The lowest BCUT2D eigenvalue weighted by molar-refractivity contribution is 0.588. The van der Waals surface area contributed by atoms with Crippen molar-refractivity contribution < 1.29 is 0 Å². The number of para-hydroxylation sites is 3. The number of benzene rings is 4. The topological polar surface area (TPSA) is 24.3 Å². The average molecular weight is 541 g/mol. The van der Waals surface area contributed by atoms with Crippen LogP contribution in [0.4, 0.5) is 17.1 Å². The van der Waals surface area contributed by atoms with E-state index < -0.39 is 0 Å². The van der Waals surface area contributed by atoms with E-state index in [0.29, 0.717) is 0 Å². The first-order chi connectivity index (χ1) is 19.4. The molecule has 0 amide bonds. The summed E-state index contributed by atoms with van der Waals surface area (Å²) < 4.78 is 2.32. The summed E-state index contributed by atoms with van der Waals surface area (Å²) in [5.74, 6) is 0.958. The summed E-state index contributed by atoms with van der Waals surface area (Å²) in [6, 6.07) is 37.3. The van der Waals surface area contributed by atoms with Crippen LogP contribution in [-0.2, 0) is 5.41 Å². The van der Waals surface area contributed by atoms with Gasteiger partial charge in [-0.05, 0) is 71.6 Å². The van der Waals surface area contributed by atoms with Crippen LogP contribution in [0, 0.1) is 0 Å². The fraction of sp³-hybridized carbons (Fsp3) is 0.171. The van der Waals surface area contributed by atoms with Crippen LogP contribution < -0.4 is 9.80 Å². The maximum Gasteiger partial charge on any atom is 0.137 e. The van der Waals surface area contributed by atoms with Gasteiger partial charge in [0.25, 0.3) is 0 Å². The number of anilines is 3. The van der Waals surface area contributed by atoms with Crippen molar-refractivity contribution >= 4 is 50.6 Å². The van der Waals surface area contributed by atoms with Crippen molar-refractivity contribution in [3.8, 4) is 5.82 Å². The maximum atomic E-state index is 4.84. The van der Waals surface area contributed by atoms with Crippen LogP contribution in [0.25, 0.3) is 27.6 Å². The van der Waals surface area contributed by atoms with Crippen LogP contribution in [0.1, 0.15) is 26.3 Å². The number of nitrogens with zero attached hydrogens (tertiary/aromatic N) is 4. The van der Waals surface area contributed by atoms with Gasteiger partial charge in [-0.1, -0.05) is 75.0 Å². The number of aromatic nitrogens is 2. The minimum absolute atomic E-state index is 0.0488. The smallest absolute Gasteiger partial charge is 0.137 e. The van der Waals surface area contributed by atoms with E-state index in [1.54, 1.807) is 11.8 Å². The molecule has 0 fully saturated rings. The van der Waals surface area contributed by atoms with E-state index in [1.807, 2.05) is 6.20 Å². The van der Waals surface area contributed by atoms with Crippen molar-refractivity contribution in [2.75, 3.05) is 23.5 Å². The van der Waals surface area contributed by atoms with Gasteiger partial charge in [-0.3, -0.25) is 4.57 Å². The first kappa shape index (κ1) is 24.8. The van der Waals surface area contributed by atoms with E-state index in [9.17, 15) is 0 Å². The van der Waals surface area contributed by atoms with Gasteiger partial charge in [0.15, 0.2) is 0 Å². The number of fused-ring (bicyclic) bond motifs is 4. The Morgan fingerprint density at radius 1 is 0.700 bits per heavy atom. The van der Waals surface area contributed by atoms with Crippen LogP contribution >= 0.6 is 11.8 Å². The zero-order chi connectivity index (χ0) is 27.4. The minimum atomic E-state index is 0.0488. The van der Waals surface area contributed by atoms with Gasteiger partial charge in [0.2, 0.25) is 0 Å². The SMILES string of the molecule is CN1CN(c2cccc(Sc3ccc4c5ccccc5n(-c5cc(C(C)(C)C)ccn5)c4c3)c2)c2ccccc21. The molecular weight excluding hydrogens is 508 g/mol. The van der Waals surface area contributed by atoms with Crippen molar-refractivity contribution in [2.24, 2.45) is 0 Å². The molecule has 0 N–H and O–H groups in total. The zero-order valence-electron chi connectivity index (χ0n) is 23.3. The number of hydrogen-bond acceptors (Lipinski definition) is 4. The fourth-order valence-electron chi connectivity index (χ4n) is 5.72. The Hall–Kier alpha value is -4.22. The van der Waals surface area contributed by atoms with Gasteiger partial charge in [0, 0.05) is 39.5 Å². The Balaban J connectivity index is 1.29. The van der Waals surface area contributed by atoms with Crippen LogP contribution in [0.15, 0.2) is 119 Å². The minimum Gasteiger partial charge on any atom is -0.355 e. The van der Waals surface area contributed by atoms with Crippen molar-refractivity contribution in [3.05, 3.63) is 115 Å². The van der Waals surface area contributed by atoms with Crippen LogP contribution in [0.3, 0.4) is 0 Å². The molecule has 198 valence electrons. The van der Waals surface area contributed by atoms with E-state index in [2.05, 4.69) is 145 Å². The summed E-state index contributed by atoms with van der Waals surface area (Å²) in [6.07, 6.45) is 1.94. The molecule has 0 aliphatic carbocycles. The normalized spacial score (nSPS) is 13.4. The van der Waals surface area contributed by atoms with E-state index >= 15 is 0 Å². The monoisotopic (exact) mass is 540 g/mol. The Bertz CT molecular complexity index is 1880. The van der Waals surface area contributed by atoms with E-state index in [1.165, 1.54) is 54.2 Å². The first-order valence-electron chi connectivity index (χ1n) is 13.7. The van der Waals surface area contributed by atoms with E-state index in [4.69, 9.17) is 4.98 Å². The molecule has 6 aromatic rings. The molecule has 0 spiro atoms. The quantitative estimate of drug-likeness (QED) is 0.222. The van der Waals surface area contributed by atoms with Gasteiger partial charge < -0.3 is 9.80 Å². The van der Waals surface area contributed by atoms with Gasteiger partial charge in [-0.2, -0.15) is 0 Å². The summed E-state index contributed by atoms with van der Waals surface area (Å²) in [4.78, 5) is 11.9. The largest absolute Gasteiger partial charge is 0.355 e. The van der Waals surface area contributed by atoms with Crippen LogP contribution in [0.2, 0.25) is 0 Å². The third-order valence-electron chi connectivity index (χ3n) is 7.79. The molecule has 0 radical (unpaired) electrons. The third-order valence-corrected chi connectivity index (χ3v) is 8.77. The van der Waals surface area contributed by atoms with E-state index in [0.717, 1.165) is 12.5 Å². The number of hydrogen-bond donors (Lipinski definition) is 0.